The molecule has 0 aliphatic heterocycles. The number of aliphatic hydroxyl groups is 1. The summed E-state index contributed by atoms with van der Waals surface area (Å²) < 4.78 is 18.1. The zero-order valence-electron chi connectivity index (χ0n) is 9.21. The van der Waals surface area contributed by atoms with Gasteiger partial charge in [0.1, 0.15) is 24.3 Å². The van der Waals surface area contributed by atoms with Crippen LogP contribution < -0.4 is 4.74 Å². The molecule has 0 amide bonds. The van der Waals surface area contributed by atoms with Crippen molar-refractivity contribution in [1.82, 2.24) is 0 Å². The van der Waals surface area contributed by atoms with E-state index in [2.05, 4.69) is 0 Å². The van der Waals surface area contributed by atoms with Gasteiger partial charge >= 0.3 is 0 Å². The summed E-state index contributed by atoms with van der Waals surface area (Å²) in [6.07, 6.45) is -0.754. The summed E-state index contributed by atoms with van der Waals surface area (Å²) in [5, 5.41) is 9.83. The van der Waals surface area contributed by atoms with E-state index in [1.165, 1.54) is 12.1 Å². The van der Waals surface area contributed by atoms with Crippen LogP contribution in [0.4, 0.5) is 4.39 Å². The first-order valence-corrected chi connectivity index (χ1v) is 5.37. The van der Waals surface area contributed by atoms with Crippen molar-refractivity contribution in [3.8, 4) is 5.75 Å². The topological polar surface area (TPSA) is 29.5 Å². The van der Waals surface area contributed by atoms with E-state index in [1.807, 2.05) is 30.3 Å². The molecule has 88 valence electrons. The van der Waals surface area contributed by atoms with Gasteiger partial charge in [0.05, 0.1) is 0 Å². The lowest BCUT2D eigenvalue weighted by Gasteiger charge is -2.12. The molecular formula is C14H13FO2. The molecule has 1 unspecified atom stereocenters. The third-order valence-corrected chi connectivity index (χ3v) is 2.41. The molecule has 2 nitrogen and oxygen atoms in total. The lowest BCUT2D eigenvalue weighted by atomic mass is 10.1. The number of halogens is 1. The predicted octanol–water partition coefficient (Wildman–Crippen LogP) is 2.94. The molecule has 0 heterocycles. The van der Waals surface area contributed by atoms with Crippen LogP contribution in [0.15, 0.2) is 54.6 Å². The third-order valence-electron chi connectivity index (χ3n) is 2.41. The molecule has 0 spiro atoms. The average molecular weight is 232 g/mol. The quantitative estimate of drug-likeness (QED) is 0.878. The van der Waals surface area contributed by atoms with Crippen molar-refractivity contribution in [1.29, 1.82) is 0 Å². The first kappa shape index (κ1) is 11.6. The number of rotatable bonds is 4. The zero-order valence-corrected chi connectivity index (χ0v) is 9.21. The Bertz CT molecular complexity index is 453. The molecule has 0 aliphatic carbocycles. The Balaban J connectivity index is 1.93. The minimum atomic E-state index is -0.754. The Kier molecular flexibility index (Phi) is 3.73. The minimum absolute atomic E-state index is 0.148. The smallest absolute Gasteiger partial charge is 0.123 e. The maximum absolute atomic E-state index is 12.7. The predicted molar refractivity (Wildman–Crippen MR) is 63.3 cm³/mol. The number of ether oxygens (including phenoxy) is 1. The molecule has 0 radical (unpaired) electrons. The second-order valence-electron chi connectivity index (χ2n) is 3.69. The van der Waals surface area contributed by atoms with Crippen LogP contribution in [0.25, 0.3) is 0 Å². The molecule has 1 atom stereocenters. The average Bonchev–Trinajstić information content (AvgIpc) is 2.38. The van der Waals surface area contributed by atoms with Crippen LogP contribution in [0, 0.1) is 5.82 Å². The molecule has 2 aromatic rings. The van der Waals surface area contributed by atoms with Crippen LogP contribution in [0.2, 0.25) is 0 Å². The molecule has 17 heavy (non-hydrogen) atoms. The van der Waals surface area contributed by atoms with Crippen LogP contribution in [0.1, 0.15) is 11.7 Å². The van der Waals surface area contributed by atoms with Gasteiger partial charge in [0.15, 0.2) is 0 Å². The summed E-state index contributed by atoms with van der Waals surface area (Å²) in [5.41, 5.74) is 0.641. The van der Waals surface area contributed by atoms with Crippen molar-refractivity contribution in [2.45, 2.75) is 6.10 Å². The van der Waals surface area contributed by atoms with E-state index in [1.54, 1.807) is 12.1 Å². The van der Waals surface area contributed by atoms with Crippen molar-refractivity contribution in [3.05, 3.63) is 66.0 Å². The van der Waals surface area contributed by atoms with Gasteiger partial charge in [-0.1, -0.05) is 30.3 Å². The van der Waals surface area contributed by atoms with Crippen LogP contribution >= 0.6 is 0 Å². The van der Waals surface area contributed by atoms with E-state index < -0.39 is 6.10 Å². The number of aliphatic hydroxyl groups excluding tert-OH is 1. The number of para-hydroxylation sites is 1. The molecule has 0 fully saturated rings. The lowest BCUT2D eigenvalue weighted by Crippen LogP contribution is -2.09. The van der Waals surface area contributed by atoms with Crippen molar-refractivity contribution in [3.63, 3.8) is 0 Å². The Morgan fingerprint density at radius 1 is 1.00 bits per heavy atom. The van der Waals surface area contributed by atoms with Crippen molar-refractivity contribution >= 4 is 0 Å². The monoisotopic (exact) mass is 232 g/mol. The summed E-state index contributed by atoms with van der Waals surface area (Å²) in [4.78, 5) is 0. The molecule has 0 saturated heterocycles. The van der Waals surface area contributed by atoms with Gasteiger partial charge in [-0.15, -0.1) is 0 Å². The van der Waals surface area contributed by atoms with Gasteiger partial charge in [-0.2, -0.15) is 0 Å². The minimum Gasteiger partial charge on any atom is -0.491 e. The van der Waals surface area contributed by atoms with Gasteiger partial charge in [-0.05, 0) is 29.8 Å². The first-order valence-electron chi connectivity index (χ1n) is 5.37. The highest BCUT2D eigenvalue weighted by Gasteiger charge is 2.08. The highest BCUT2D eigenvalue weighted by atomic mass is 19.1. The SMILES string of the molecule is OC(COc1ccccc1)c1ccc(F)cc1. The van der Waals surface area contributed by atoms with Gasteiger partial charge < -0.3 is 9.84 Å². The molecule has 2 aromatic carbocycles. The Morgan fingerprint density at radius 2 is 1.65 bits per heavy atom. The summed E-state index contributed by atoms with van der Waals surface area (Å²) in [6, 6.07) is 15.0. The molecular weight excluding hydrogens is 219 g/mol. The van der Waals surface area contributed by atoms with Crippen molar-refractivity contribution < 1.29 is 14.2 Å². The molecule has 2 rings (SSSR count). The highest BCUT2D eigenvalue weighted by molar-refractivity contribution is 5.22. The van der Waals surface area contributed by atoms with Crippen LogP contribution in [0.3, 0.4) is 0 Å². The fourth-order valence-electron chi connectivity index (χ4n) is 1.47. The molecule has 0 saturated carbocycles. The Hall–Kier alpha value is -1.87. The largest absolute Gasteiger partial charge is 0.491 e. The second kappa shape index (κ2) is 5.46. The van der Waals surface area contributed by atoms with Gasteiger partial charge in [-0.3, -0.25) is 0 Å². The summed E-state index contributed by atoms with van der Waals surface area (Å²) in [6.45, 7) is 0.148. The van der Waals surface area contributed by atoms with E-state index in [-0.39, 0.29) is 12.4 Å². The standard InChI is InChI=1S/C14H13FO2/c15-12-8-6-11(7-9-12)14(16)10-17-13-4-2-1-3-5-13/h1-9,14,16H,10H2. The van der Waals surface area contributed by atoms with E-state index in [0.29, 0.717) is 11.3 Å². The van der Waals surface area contributed by atoms with E-state index in [0.717, 1.165) is 0 Å². The van der Waals surface area contributed by atoms with Gasteiger partial charge in [-0.25, -0.2) is 4.39 Å². The van der Waals surface area contributed by atoms with Crippen molar-refractivity contribution in [2.24, 2.45) is 0 Å². The lowest BCUT2D eigenvalue weighted by molar-refractivity contribution is 0.108. The van der Waals surface area contributed by atoms with Gasteiger partial charge in [0.2, 0.25) is 0 Å². The fraction of sp³-hybridized carbons (Fsp3) is 0.143. The summed E-state index contributed by atoms with van der Waals surface area (Å²) in [5.74, 6) is 0.388. The number of hydrogen-bond donors (Lipinski definition) is 1. The zero-order chi connectivity index (χ0) is 12.1. The molecule has 3 heteroatoms. The molecule has 0 bridgehead atoms. The number of benzene rings is 2. The molecule has 0 aliphatic rings. The fourth-order valence-corrected chi connectivity index (χ4v) is 1.47. The van der Waals surface area contributed by atoms with Crippen LogP contribution in [-0.2, 0) is 0 Å². The molecule has 1 N–H and O–H groups in total. The third kappa shape index (κ3) is 3.29. The maximum atomic E-state index is 12.7. The van der Waals surface area contributed by atoms with Gasteiger partial charge in [0, 0.05) is 0 Å². The van der Waals surface area contributed by atoms with Gasteiger partial charge in [0.25, 0.3) is 0 Å². The molecule has 0 aromatic heterocycles. The second-order valence-corrected chi connectivity index (χ2v) is 3.69. The highest BCUT2D eigenvalue weighted by Crippen LogP contribution is 2.16. The Labute approximate surface area is 99.3 Å². The van der Waals surface area contributed by atoms with E-state index in [9.17, 15) is 9.50 Å². The maximum Gasteiger partial charge on any atom is 0.123 e. The van der Waals surface area contributed by atoms with E-state index in [4.69, 9.17) is 4.74 Å². The van der Waals surface area contributed by atoms with Crippen molar-refractivity contribution in [2.75, 3.05) is 6.61 Å². The number of hydrogen-bond acceptors (Lipinski definition) is 2. The van der Waals surface area contributed by atoms with Crippen LogP contribution in [0.5, 0.6) is 5.75 Å². The normalized spacial score (nSPS) is 12.1. The van der Waals surface area contributed by atoms with Crippen LogP contribution in [-0.4, -0.2) is 11.7 Å². The van der Waals surface area contributed by atoms with E-state index >= 15 is 0 Å². The Morgan fingerprint density at radius 3 is 2.29 bits per heavy atom. The summed E-state index contributed by atoms with van der Waals surface area (Å²) in [7, 11) is 0. The first-order chi connectivity index (χ1) is 8.25. The summed E-state index contributed by atoms with van der Waals surface area (Å²) >= 11 is 0.